The Bertz CT molecular complexity index is 647. The summed E-state index contributed by atoms with van der Waals surface area (Å²) in [4.78, 5) is 24.3. The first-order chi connectivity index (χ1) is 9.61. The van der Waals surface area contributed by atoms with Crippen LogP contribution in [0.1, 0.15) is 29.3 Å². The average Bonchev–Trinajstić information content (AvgIpc) is 2.77. The summed E-state index contributed by atoms with van der Waals surface area (Å²) in [6, 6.07) is 5.63. The van der Waals surface area contributed by atoms with Crippen LogP contribution in [0.2, 0.25) is 0 Å². The fourth-order valence-electron chi connectivity index (χ4n) is 2.69. The monoisotopic (exact) mass is 270 g/mol. The van der Waals surface area contributed by atoms with Gasteiger partial charge in [0.25, 0.3) is 0 Å². The van der Waals surface area contributed by atoms with Gasteiger partial charge in [-0.2, -0.15) is 0 Å². The van der Waals surface area contributed by atoms with E-state index in [0.29, 0.717) is 5.82 Å². The lowest BCUT2D eigenvalue weighted by atomic mass is 9.89. The normalized spacial score (nSPS) is 17.6. The molecule has 0 spiro atoms. The molecule has 1 amide bonds. The SMILES string of the molecule is Cc1cccc(NC(=O)[C@@H]2CCc3nc(C)[nH]c3C2)n1. The Labute approximate surface area is 117 Å². The number of amides is 1. The van der Waals surface area contributed by atoms with Crippen LogP contribution in [0.3, 0.4) is 0 Å². The molecule has 0 aliphatic heterocycles. The van der Waals surface area contributed by atoms with E-state index in [1.54, 1.807) is 0 Å². The number of hydrogen-bond donors (Lipinski definition) is 2. The second kappa shape index (κ2) is 5.07. The van der Waals surface area contributed by atoms with Crippen LogP contribution < -0.4 is 5.32 Å². The molecule has 0 radical (unpaired) electrons. The van der Waals surface area contributed by atoms with E-state index in [4.69, 9.17) is 0 Å². The van der Waals surface area contributed by atoms with Crippen molar-refractivity contribution in [3.8, 4) is 0 Å². The molecular formula is C15H18N4O. The minimum Gasteiger partial charge on any atom is -0.346 e. The summed E-state index contributed by atoms with van der Waals surface area (Å²) < 4.78 is 0. The van der Waals surface area contributed by atoms with Gasteiger partial charge in [0.2, 0.25) is 5.91 Å². The third kappa shape index (κ3) is 2.57. The smallest absolute Gasteiger partial charge is 0.229 e. The number of fused-ring (bicyclic) bond motifs is 1. The quantitative estimate of drug-likeness (QED) is 0.878. The molecule has 1 aliphatic rings. The summed E-state index contributed by atoms with van der Waals surface area (Å²) in [6.07, 6.45) is 2.43. The number of aromatic amines is 1. The van der Waals surface area contributed by atoms with Gasteiger partial charge in [-0.05, 0) is 38.8 Å². The standard InChI is InChI=1S/C15H18N4O/c1-9-4-3-5-14(16-9)19-15(20)11-6-7-12-13(8-11)18-10(2)17-12/h3-5,11H,6-8H2,1-2H3,(H,17,18)(H,16,19,20)/t11-/m1/s1. The highest BCUT2D eigenvalue weighted by Gasteiger charge is 2.27. The molecule has 2 N–H and O–H groups in total. The highest BCUT2D eigenvalue weighted by Crippen LogP contribution is 2.24. The van der Waals surface area contributed by atoms with Crippen LogP contribution >= 0.6 is 0 Å². The molecule has 1 aliphatic carbocycles. The molecular weight excluding hydrogens is 252 g/mol. The number of aromatic nitrogens is 3. The number of aryl methyl sites for hydroxylation is 3. The molecule has 2 heterocycles. The number of nitrogens with one attached hydrogen (secondary N) is 2. The van der Waals surface area contributed by atoms with E-state index >= 15 is 0 Å². The summed E-state index contributed by atoms with van der Waals surface area (Å²) in [6.45, 7) is 3.86. The summed E-state index contributed by atoms with van der Waals surface area (Å²) in [7, 11) is 0. The van der Waals surface area contributed by atoms with Crippen molar-refractivity contribution >= 4 is 11.7 Å². The van der Waals surface area contributed by atoms with Crippen LogP contribution in [-0.4, -0.2) is 20.9 Å². The first-order valence-corrected chi connectivity index (χ1v) is 6.90. The number of anilines is 1. The first-order valence-electron chi connectivity index (χ1n) is 6.90. The van der Waals surface area contributed by atoms with Gasteiger partial charge in [-0.25, -0.2) is 9.97 Å². The summed E-state index contributed by atoms with van der Waals surface area (Å²) in [5, 5.41) is 2.91. The topological polar surface area (TPSA) is 70.7 Å². The second-order valence-electron chi connectivity index (χ2n) is 5.34. The predicted molar refractivity (Wildman–Crippen MR) is 76.4 cm³/mol. The molecule has 0 unspecified atom stereocenters. The van der Waals surface area contributed by atoms with E-state index in [9.17, 15) is 4.79 Å². The van der Waals surface area contributed by atoms with Crippen LogP contribution in [0.25, 0.3) is 0 Å². The number of carbonyl (C=O) groups excluding carboxylic acids is 1. The van der Waals surface area contributed by atoms with Gasteiger partial charge in [0, 0.05) is 23.7 Å². The number of hydrogen-bond acceptors (Lipinski definition) is 3. The van der Waals surface area contributed by atoms with Crippen molar-refractivity contribution in [3.05, 3.63) is 41.1 Å². The molecule has 2 aromatic rings. The Morgan fingerprint density at radius 3 is 3.00 bits per heavy atom. The zero-order valence-corrected chi connectivity index (χ0v) is 11.7. The van der Waals surface area contributed by atoms with E-state index in [1.165, 1.54) is 0 Å². The van der Waals surface area contributed by atoms with Gasteiger partial charge in [-0.15, -0.1) is 0 Å². The van der Waals surface area contributed by atoms with Gasteiger partial charge in [0.1, 0.15) is 11.6 Å². The Balaban J connectivity index is 1.70. The van der Waals surface area contributed by atoms with Crippen LogP contribution in [0.5, 0.6) is 0 Å². The minimum atomic E-state index is -0.00957. The third-order valence-electron chi connectivity index (χ3n) is 3.67. The lowest BCUT2D eigenvalue weighted by Gasteiger charge is -2.20. The number of H-pyrrole nitrogens is 1. The highest BCUT2D eigenvalue weighted by molar-refractivity contribution is 5.92. The number of pyridine rings is 1. The fourth-order valence-corrected chi connectivity index (χ4v) is 2.69. The van der Waals surface area contributed by atoms with Crippen LogP contribution in [-0.2, 0) is 17.6 Å². The van der Waals surface area contributed by atoms with Crippen molar-refractivity contribution in [1.82, 2.24) is 15.0 Å². The molecule has 0 saturated heterocycles. The van der Waals surface area contributed by atoms with Crippen LogP contribution in [0, 0.1) is 19.8 Å². The maximum atomic E-state index is 12.3. The molecule has 0 saturated carbocycles. The van der Waals surface area contributed by atoms with E-state index in [1.807, 2.05) is 32.0 Å². The number of rotatable bonds is 2. The van der Waals surface area contributed by atoms with Crippen molar-refractivity contribution in [2.24, 2.45) is 5.92 Å². The zero-order chi connectivity index (χ0) is 14.1. The first kappa shape index (κ1) is 12.8. The zero-order valence-electron chi connectivity index (χ0n) is 11.7. The Hall–Kier alpha value is -2.17. The Morgan fingerprint density at radius 1 is 1.35 bits per heavy atom. The molecule has 0 fully saturated rings. The van der Waals surface area contributed by atoms with Gasteiger partial charge in [-0.3, -0.25) is 4.79 Å². The van der Waals surface area contributed by atoms with Crippen molar-refractivity contribution in [2.45, 2.75) is 33.1 Å². The van der Waals surface area contributed by atoms with Gasteiger partial charge < -0.3 is 10.3 Å². The highest BCUT2D eigenvalue weighted by atomic mass is 16.1. The van der Waals surface area contributed by atoms with Crippen LogP contribution in [0.15, 0.2) is 18.2 Å². The average molecular weight is 270 g/mol. The molecule has 20 heavy (non-hydrogen) atoms. The number of nitrogens with zero attached hydrogens (tertiary/aromatic N) is 2. The third-order valence-corrected chi connectivity index (χ3v) is 3.67. The maximum absolute atomic E-state index is 12.3. The van der Waals surface area contributed by atoms with Crippen LogP contribution in [0.4, 0.5) is 5.82 Å². The van der Waals surface area contributed by atoms with Gasteiger partial charge in [0.15, 0.2) is 0 Å². The summed E-state index contributed by atoms with van der Waals surface area (Å²) in [5.41, 5.74) is 3.12. The van der Waals surface area contributed by atoms with Crippen molar-refractivity contribution < 1.29 is 4.79 Å². The molecule has 5 nitrogen and oxygen atoms in total. The van der Waals surface area contributed by atoms with Crippen molar-refractivity contribution in [2.75, 3.05) is 5.32 Å². The number of imidazole rings is 1. The molecule has 104 valence electrons. The molecule has 3 rings (SSSR count). The molecule has 1 atom stereocenters. The number of carbonyl (C=O) groups is 1. The molecule has 0 bridgehead atoms. The lowest BCUT2D eigenvalue weighted by Crippen LogP contribution is -2.28. The van der Waals surface area contributed by atoms with Gasteiger partial charge in [-0.1, -0.05) is 6.07 Å². The van der Waals surface area contributed by atoms with E-state index < -0.39 is 0 Å². The van der Waals surface area contributed by atoms with Crippen molar-refractivity contribution in [3.63, 3.8) is 0 Å². The molecule has 0 aromatic carbocycles. The fraction of sp³-hybridized carbons (Fsp3) is 0.400. The van der Waals surface area contributed by atoms with E-state index in [0.717, 1.165) is 42.2 Å². The Kier molecular flexibility index (Phi) is 3.26. The second-order valence-corrected chi connectivity index (χ2v) is 5.34. The Morgan fingerprint density at radius 2 is 2.20 bits per heavy atom. The summed E-state index contributed by atoms with van der Waals surface area (Å²) in [5.74, 6) is 1.59. The largest absolute Gasteiger partial charge is 0.346 e. The summed E-state index contributed by atoms with van der Waals surface area (Å²) >= 11 is 0. The maximum Gasteiger partial charge on any atom is 0.229 e. The molecule has 5 heteroatoms. The molecule has 2 aromatic heterocycles. The van der Waals surface area contributed by atoms with Crippen molar-refractivity contribution in [1.29, 1.82) is 0 Å². The van der Waals surface area contributed by atoms with E-state index in [-0.39, 0.29) is 11.8 Å². The van der Waals surface area contributed by atoms with E-state index in [2.05, 4.69) is 20.3 Å². The minimum absolute atomic E-state index is 0.00957. The van der Waals surface area contributed by atoms with Gasteiger partial charge in [0.05, 0.1) is 5.69 Å². The lowest BCUT2D eigenvalue weighted by molar-refractivity contribution is -0.120. The van der Waals surface area contributed by atoms with Gasteiger partial charge >= 0.3 is 0 Å². The predicted octanol–water partition coefficient (Wildman–Crippen LogP) is 2.17.